The molecule has 0 saturated heterocycles. The fraction of sp³-hybridized carbons (Fsp3) is 0.182. The number of hydrogen-bond donors (Lipinski definition) is 3. The summed E-state index contributed by atoms with van der Waals surface area (Å²) >= 11 is 1.20. The Hall–Kier alpha value is -3.53. The Kier molecular flexibility index (Phi) is 6.04. The Labute approximate surface area is 185 Å². The number of H-pyrrole nitrogens is 1. The average Bonchev–Trinajstić information content (AvgIpc) is 2.75. The van der Waals surface area contributed by atoms with Crippen molar-refractivity contribution < 1.29 is 18.4 Å². The van der Waals surface area contributed by atoms with Crippen LogP contribution in [0.15, 0.2) is 52.4 Å². The quantitative estimate of drug-likeness (QED) is 0.401. The summed E-state index contributed by atoms with van der Waals surface area (Å²) in [4.78, 5) is 44.8. The maximum Gasteiger partial charge on any atom is 0.257 e. The van der Waals surface area contributed by atoms with Gasteiger partial charge in [-0.3, -0.25) is 14.4 Å². The van der Waals surface area contributed by atoms with Crippen LogP contribution in [0.5, 0.6) is 0 Å². The molecule has 2 heterocycles. The summed E-state index contributed by atoms with van der Waals surface area (Å²) in [5, 5.41) is 5.39. The normalized spacial score (nSPS) is 15.1. The van der Waals surface area contributed by atoms with E-state index in [1.54, 1.807) is 19.1 Å². The molecule has 2 aromatic carbocycles. The predicted molar refractivity (Wildman–Crippen MR) is 117 cm³/mol. The number of rotatable bonds is 5. The van der Waals surface area contributed by atoms with Crippen molar-refractivity contribution in [3.8, 4) is 0 Å². The Morgan fingerprint density at radius 2 is 1.88 bits per heavy atom. The van der Waals surface area contributed by atoms with Gasteiger partial charge in [0.1, 0.15) is 17.5 Å². The number of nitrogens with one attached hydrogen (secondary N) is 3. The first-order valence-corrected chi connectivity index (χ1v) is 10.7. The van der Waals surface area contributed by atoms with Crippen LogP contribution >= 0.6 is 11.8 Å². The van der Waals surface area contributed by atoms with Crippen LogP contribution in [0.2, 0.25) is 0 Å². The van der Waals surface area contributed by atoms with Gasteiger partial charge < -0.3 is 15.6 Å². The maximum absolute atomic E-state index is 13.6. The number of halogens is 2. The van der Waals surface area contributed by atoms with Crippen molar-refractivity contribution in [2.75, 3.05) is 10.6 Å². The highest BCUT2D eigenvalue weighted by molar-refractivity contribution is 7.98. The number of aromatic nitrogens is 2. The molecule has 3 N–H and O–H groups in total. The summed E-state index contributed by atoms with van der Waals surface area (Å²) in [5.41, 5.74) is 1.22. The number of aryl methyl sites for hydroxylation is 1. The molecule has 1 aliphatic rings. The van der Waals surface area contributed by atoms with E-state index >= 15 is 0 Å². The molecule has 10 heteroatoms. The molecule has 32 heavy (non-hydrogen) atoms. The molecular weight excluding hydrogens is 438 g/mol. The topological polar surface area (TPSA) is 104 Å². The average molecular weight is 456 g/mol. The van der Waals surface area contributed by atoms with Crippen LogP contribution in [0.1, 0.15) is 29.0 Å². The summed E-state index contributed by atoms with van der Waals surface area (Å²) in [5.74, 6) is -2.57. The molecule has 1 aliphatic heterocycles. The molecule has 2 amide bonds. The Morgan fingerprint density at radius 3 is 2.62 bits per heavy atom. The molecule has 4 rings (SSSR count). The predicted octanol–water partition coefficient (Wildman–Crippen LogP) is 3.71. The molecule has 164 valence electrons. The van der Waals surface area contributed by atoms with E-state index in [-0.39, 0.29) is 34.5 Å². The lowest BCUT2D eigenvalue weighted by atomic mass is 9.92. The van der Waals surface area contributed by atoms with Crippen molar-refractivity contribution in [3.05, 3.63) is 81.1 Å². The SMILES string of the molecule is Cc1ccc(F)cc1NC(=O)C1CC(=O)Nc2nc(SCc3ccc(F)cc3)[nH]c(=O)c21. The number of aromatic amines is 1. The minimum atomic E-state index is -1.08. The van der Waals surface area contributed by atoms with Crippen molar-refractivity contribution in [3.63, 3.8) is 0 Å². The van der Waals surface area contributed by atoms with Crippen LogP contribution in [0.25, 0.3) is 0 Å². The van der Waals surface area contributed by atoms with E-state index in [0.29, 0.717) is 11.3 Å². The summed E-state index contributed by atoms with van der Waals surface area (Å²) in [6.45, 7) is 1.70. The van der Waals surface area contributed by atoms with E-state index in [2.05, 4.69) is 20.6 Å². The second-order valence-corrected chi connectivity index (χ2v) is 8.27. The number of carbonyl (C=O) groups is 2. The zero-order valence-electron chi connectivity index (χ0n) is 16.9. The molecule has 0 fully saturated rings. The van der Waals surface area contributed by atoms with E-state index in [1.807, 2.05) is 0 Å². The molecule has 0 radical (unpaired) electrons. The van der Waals surface area contributed by atoms with Crippen LogP contribution in [-0.2, 0) is 15.3 Å². The largest absolute Gasteiger partial charge is 0.325 e. The zero-order chi connectivity index (χ0) is 22.8. The highest BCUT2D eigenvalue weighted by Crippen LogP contribution is 2.31. The van der Waals surface area contributed by atoms with Crippen LogP contribution < -0.4 is 16.2 Å². The number of benzene rings is 2. The molecule has 0 saturated carbocycles. The summed E-state index contributed by atoms with van der Waals surface area (Å²) in [6, 6.07) is 9.88. The molecule has 0 aliphatic carbocycles. The van der Waals surface area contributed by atoms with Crippen LogP contribution in [0.4, 0.5) is 20.3 Å². The number of hydrogen-bond acceptors (Lipinski definition) is 5. The first kappa shape index (κ1) is 21.7. The zero-order valence-corrected chi connectivity index (χ0v) is 17.7. The third kappa shape index (κ3) is 4.70. The van der Waals surface area contributed by atoms with Gasteiger partial charge in [0, 0.05) is 17.9 Å². The Bertz CT molecular complexity index is 1260. The number of thioether (sulfide) groups is 1. The lowest BCUT2D eigenvalue weighted by molar-refractivity contribution is -0.123. The Morgan fingerprint density at radius 1 is 1.16 bits per heavy atom. The lowest BCUT2D eigenvalue weighted by Crippen LogP contribution is -2.36. The van der Waals surface area contributed by atoms with Crippen molar-refractivity contribution in [2.24, 2.45) is 0 Å². The molecular formula is C22H18F2N4O3S. The smallest absolute Gasteiger partial charge is 0.257 e. The van der Waals surface area contributed by atoms with Gasteiger partial charge in [0.05, 0.1) is 11.5 Å². The van der Waals surface area contributed by atoms with E-state index in [4.69, 9.17) is 0 Å². The highest BCUT2D eigenvalue weighted by Gasteiger charge is 2.35. The lowest BCUT2D eigenvalue weighted by Gasteiger charge is -2.23. The standard InChI is InChI=1S/C22H18F2N4O3S/c1-11-2-5-14(24)8-16(11)25-20(30)15-9-17(29)26-19-18(15)21(31)28-22(27-19)32-10-12-3-6-13(23)7-4-12/h2-8,15H,9-10H2,1H3,(H,25,30)(H2,26,27,28,29,31). The molecule has 7 nitrogen and oxygen atoms in total. The molecule has 1 atom stereocenters. The maximum atomic E-state index is 13.6. The van der Waals surface area contributed by atoms with E-state index in [0.717, 1.165) is 5.56 Å². The van der Waals surface area contributed by atoms with Crippen molar-refractivity contribution in [1.82, 2.24) is 9.97 Å². The van der Waals surface area contributed by atoms with Gasteiger partial charge in [0.2, 0.25) is 11.8 Å². The van der Waals surface area contributed by atoms with Crippen LogP contribution in [-0.4, -0.2) is 21.8 Å². The molecule has 0 spiro atoms. The second-order valence-electron chi connectivity index (χ2n) is 7.30. The van der Waals surface area contributed by atoms with Crippen molar-refractivity contribution >= 4 is 35.1 Å². The van der Waals surface area contributed by atoms with Gasteiger partial charge in [-0.05, 0) is 42.3 Å². The van der Waals surface area contributed by atoms with Crippen LogP contribution in [0, 0.1) is 18.6 Å². The van der Waals surface area contributed by atoms with Crippen LogP contribution in [0.3, 0.4) is 0 Å². The fourth-order valence-electron chi connectivity index (χ4n) is 3.32. The van der Waals surface area contributed by atoms with E-state index < -0.39 is 29.1 Å². The van der Waals surface area contributed by atoms with Gasteiger partial charge in [-0.2, -0.15) is 0 Å². The summed E-state index contributed by atoms with van der Waals surface area (Å²) in [6.07, 6.45) is -0.236. The summed E-state index contributed by atoms with van der Waals surface area (Å²) in [7, 11) is 0. The fourth-order valence-corrected chi connectivity index (χ4v) is 4.14. The van der Waals surface area contributed by atoms with Crippen molar-refractivity contribution in [2.45, 2.75) is 30.2 Å². The monoisotopic (exact) mass is 456 g/mol. The van der Waals surface area contributed by atoms with Gasteiger partial charge in [-0.1, -0.05) is 30.0 Å². The number of carbonyl (C=O) groups excluding carboxylic acids is 2. The highest BCUT2D eigenvalue weighted by atomic mass is 32.2. The molecule has 0 bridgehead atoms. The van der Waals surface area contributed by atoms with Gasteiger partial charge in [0.25, 0.3) is 5.56 Å². The molecule has 1 unspecified atom stereocenters. The first-order chi connectivity index (χ1) is 15.3. The van der Waals surface area contributed by atoms with Crippen molar-refractivity contribution in [1.29, 1.82) is 0 Å². The molecule has 3 aromatic rings. The minimum Gasteiger partial charge on any atom is -0.325 e. The minimum absolute atomic E-state index is 0.0164. The van der Waals surface area contributed by atoms with Gasteiger partial charge in [-0.15, -0.1) is 0 Å². The third-order valence-electron chi connectivity index (χ3n) is 4.99. The van der Waals surface area contributed by atoms with Gasteiger partial charge in [0.15, 0.2) is 5.16 Å². The number of amides is 2. The van der Waals surface area contributed by atoms with Gasteiger partial charge >= 0.3 is 0 Å². The number of fused-ring (bicyclic) bond motifs is 1. The second kappa shape index (κ2) is 8.91. The number of anilines is 2. The first-order valence-electron chi connectivity index (χ1n) is 9.68. The Balaban J connectivity index is 1.58. The van der Waals surface area contributed by atoms with E-state index in [9.17, 15) is 23.2 Å². The summed E-state index contributed by atoms with van der Waals surface area (Å²) < 4.78 is 26.6. The number of nitrogens with zero attached hydrogens (tertiary/aromatic N) is 1. The molecule has 1 aromatic heterocycles. The van der Waals surface area contributed by atoms with E-state index in [1.165, 1.54) is 42.1 Å². The van der Waals surface area contributed by atoms with Gasteiger partial charge in [-0.25, -0.2) is 13.8 Å². The third-order valence-corrected chi connectivity index (χ3v) is 5.94.